The van der Waals surface area contributed by atoms with E-state index in [-0.39, 0.29) is 0 Å². The fourth-order valence-electron chi connectivity index (χ4n) is 0.801. The van der Waals surface area contributed by atoms with Gasteiger partial charge in [0.15, 0.2) is 5.25 Å². The van der Waals surface area contributed by atoms with Crippen molar-refractivity contribution < 1.29 is 42.3 Å². The largest absolute Gasteiger partial charge is 0.481 e. The predicted octanol–water partition coefficient (Wildman–Crippen LogP) is -1.26. The number of esters is 1. The van der Waals surface area contributed by atoms with Crippen molar-refractivity contribution in [3.8, 4) is 0 Å². The number of ether oxygens (including phenoxy) is 1. The van der Waals surface area contributed by atoms with Crippen LogP contribution >= 0.6 is 0 Å². The molecule has 0 aromatic rings. The monoisotopic (exact) mass is 270 g/mol. The van der Waals surface area contributed by atoms with Crippen LogP contribution in [-0.4, -0.2) is 52.9 Å². The van der Waals surface area contributed by atoms with Gasteiger partial charge in [-0.05, 0) is 0 Å². The van der Waals surface area contributed by atoms with Crippen LogP contribution in [-0.2, 0) is 29.2 Å². The summed E-state index contributed by atoms with van der Waals surface area (Å²) in [4.78, 5) is 31.4. The van der Waals surface area contributed by atoms with Crippen LogP contribution in [0.1, 0.15) is 12.8 Å². The molecule has 0 aliphatic rings. The summed E-state index contributed by atoms with van der Waals surface area (Å²) in [5, 5.41) is 14.3. The summed E-state index contributed by atoms with van der Waals surface area (Å²) in [6.07, 6.45) is -1.72. The lowest BCUT2D eigenvalue weighted by Crippen LogP contribution is -2.34. The SMILES string of the molecule is O=C(O)CCOC(=O)C(CC(=O)O)S(=O)(=O)O. The third kappa shape index (κ3) is 6.48. The molecule has 0 aliphatic heterocycles. The second-order valence-electron chi connectivity index (χ2n) is 2.91. The lowest BCUT2D eigenvalue weighted by molar-refractivity contribution is -0.149. The number of rotatable bonds is 7. The molecule has 98 valence electrons. The fourth-order valence-corrected chi connectivity index (χ4v) is 1.47. The highest BCUT2D eigenvalue weighted by Crippen LogP contribution is 2.07. The van der Waals surface area contributed by atoms with Crippen molar-refractivity contribution in [1.82, 2.24) is 0 Å². The molecule has 0 rings (SSSR count). The molecule has 0 aliphatic carbocycles. The molecule has 1 unspecified atom stereocenters. The Morgan fingerprint density at radius 1 is 1.12 bits per heavy atom. The molecule has 0 bridgehead atoms. The Morgan fingerprint density at radius 2 is 1.65 bits per heavy atom. The molecule has 1 atom stereocenters. The number of carboxylic acid groups (broad SMARTS) is 2. The Bertz CT molecular complexity index is 409. The number of hydrogen-bond acceptors (Lipinski definition) is 6. The molecule has 0 fully saturated rings. The number of aliphatic carboxylic acids is 2. The van der Waals surface area contributed by atoms with Crippen LogP contribution in [0.25, 0.3) is 0 Å². The van der Waals surface area contributed by atoms with Crippen molar-refractivity contribution in [3.05, 3.63) is 0 Å². The van der Waals surface area contributed by atoms with E-state index in [0.29, 0.717) is 0 Å². The molecule has 10 heteroatoms. The van der Waals surface area contributed by atoms with Crippen LogP contribution in [0.3, 0.4) is 0 Å². The van der Waals surface area contributed by atoms with Gasteiger partial charge in [-0.25, -0.2) is 0 Å². The molecule has 0 radical (unpaired) electrons. The molecule has 0 heterocycles. The second-order valence-corrected chi connectivity index (χ2v) is 4.51. The Kier molecular flexibility index (Phi) is 5.55. The van der Waals surface area contributed by atoms with E-state index in [9.17, 15) is 22.8 Å². The number of carboxylic acids is 2. The average Bonchev–Trinajstić information content (AvgIpc) is 2.11. The third-order valence-electron chi connectivity index (χ3n) is 1.54. The molecule has 0 amide bonds. The average molecular weight is 270 g/mol. The van der Waals surface area contributed by atoms with Gasteiger partial charge in [0, 0.05) is 0 Å². The molecule has 0 spiro atoms. The Balaban J connectivity index is 4.55. The van der Waals surface area contributed by atoms with E-state index in [2.05, 4.69) is 4.74 Å². The molecular formula is C7H10O9S. The Morgan fingerprint density at radius 3 is 2.00 bits per heavy atom. The molecule has 0 saturated heterocycles. The number of carbonyl (C=O) groups excluding carboxylic acids is 1. The first-order valence-corrected chi connectivity index (χ1v) is 5.71. The highest BCUT2D eigenvalue weighted by molar-refractivity contribution is 7.87. The zero-order valence-corrected chi connectivity index (χ0v) is 9.21. The Hall–Kier alpha value is -1.68. The number of hydrogen-bond donors (Lipinski definition) is 3. The van der Waals surface area contributed by atoms with E-state index in [0.717, 1.165) is 0 Å². The van der Waals surface area contributed by atoms with Crippen molar-refractivity contribution in [3.63, 3.8) is 0 Å². The normalized spacial score (nSPS) is 12.8. The lowest BCUT2D eigenvalue weighted by atomic mass is 10.3. The maximum atomic E-state index is 11.1. The molecule has 3 N–H and O–H groups in total. The first kappa shape index (κ1) is 15.3. The van der Waals surface area contributed by atoms with Crippen molar-refractivity contribution in [2.75, 3.05) is 6.61 Å². The molecule has 17 heavy (non-hydrogen) atoms. The second kappa shape index (κ2) is 6.15. The highest BCUT2D eigenvalue weighted by Gasteiger charge is 2.34. The first-order valence-electron chi connectivity index (χ1n) is 4.21. The zero-order valence-electron chi connectivity index (χ0n) is 8.40. The van der Waals surface area contributed by atoms with Crippen LogP contribution in [0.15, 0.2) is 0 Å². The minimum Gasteiger partial charge on any atom is -0.481 e. The summed E-state index contributed by atoms with van der Waals surface area (Å²) in [5.41, 5.74) is 0. The molecule has 0 aromatic heterocycles. The van der Waals surface area contributed by atoms with E-state index in [1.54, 1.807) is 0 Å². The van der Waals surface area contributed by atoms with Crippen LogP contribution in [0.4, 0.5) is 0 Å². The van der Waals surface area contributed by atoms with Crippen molar-refractivity contribution in [2.45, 2.75) is 18.1 Å². The van der Waals surface area contributed by atoms with Gasteiger partial charge in [0.1, 0.15) is 6.61 Å². The highest BCUT2D eigenvalue weighted by atomic mass is 32.2. The zero-order chi connectivity index (χ0) is 13.6. The molecular weight excluding hydrogens is 260 g/mol. The summed E-state index contributed by atoms with van der Waals surface area (Å²) in [5.74, 6) is -4.40. The summed E-state index contributed by atoms with van der Waals surface area (Å²) in [6, 6.07) is 0. The van der Waals surface area contributed by atoms with Gasteiger partial charge in [-0.3, -0.25) is 18.9 Å². The fraction of sp³-hybridized carbons (Fsp3) is 0.571. The number of carbonyl (C=O) groups is 3. The Labute approximate surface area is 95.7 Å². The van der Waals surface area contributed by atoms with Crippen molar-refractivity contribution >= 4 is 28.0 Å². The summed E-state index contributed by atoms with van der Waals surface area (Å²) in [6.45, 7) is -0.611. The minimum atomic E-state index is -4.91. The van der Waals surface area contributed by atoms with E-state index >= 15 is 0 Å². The lowest BCUT2D eigenvalue weighted by Gasteiger charge is -2.10. The van der Waals surface area contributed by atoms with Gasteiger partial charge in [-0.2, -0.15) is 8.42 Å². The molecule has 0 aromatic carbocycles. The van der Waals surface area contributed by atoms with Gasteiger partial charge < -0.3 is 14.9 Å². The van der Waals surface area contributed by atoms with Gasteiger partial charge in [0.05, 0.1) is 12.8 Å². The van der Waals surface area contributed by atoms with E-state index < -0.39 is 52.7 Å². The topological polar surface area (TPSA) is 155 Å². The maximum Gasteiger partial charge on any atom is 0.327 e. The van der Waals surface area contributed by atoms with Crippen LogP contribution in [0.2, 0.25) is 0 Å². The minimum absolute atomic E-state index is 0.559. The molecule has 9 nitrogen and oxygen atoms in total. The third-order valence-corrected chi connectivity index (χ3v) is 2.62. The summed E-state index contributed by atoms with van der Waals surface area (Å²) >= 11 is 0. The van der Waals surface area contributed by atoms with Crippen LogP contribution < -0.4 is 0 Å². The van der Waals surface area contributed by atoms with E-state index in [4.69, 9.17) is 14.8 Å². The van der Waals surface area contributed by atoms with Crippen molar-refractivity contribution in [1.29, 1.82) is 0 Å². The van der Waals surface area contributed by atoms with Crippen LogP contribution in [0.5, 0.6) is 0 Å². The quantitative estimate of drug-likeness (QED) is 0.379. The van der Waals surface area contributed by atoms with Crippen molar-refractivity contribution in [2.24, 2.45) is 0 Å². The van der Waals surface area contributed by atoms with Gasteiger partial charge in [0.25, 0.3) is 10.1 Å². The predicted molar refractivity (Wildman–Crippen MR) is 50.8 cm³/mol. The maximum absolute atomic E-state index is 11.1. The summed E-state index contributed by atoms with van der Waals surface area (Å²) < 4.78 is 34.2. The van der Waals surface area contributed by atoms with Gasteiger partial charge in [-0.1, -0.05) is 0 Å². The smallest absolute Gasteiger partial charge is 0.327 e. The van der Waals surface area contributed by atoms with Gasteiger partial charge in [-0.15, -0.1) is 0 Å². The van der Waals surface area contributed by atoms with E-state index in [1.165, 1.54) is 0 Å². The van der Waals surface area contributed by atoms with Gasteiger partial charge in [0.2, 0.25) is 0 Å². The first-order chi connectivity index (χ1) is 7.64. The molecule has 0 saturated carbocycles. The van der Waals surface area contributed by atoms with Crippen LogP contribution in [0, 0.1) is 0 Å². The summed E-state index contributed by atoms with van der Waals surface area (Å²) in [7, 11) is -4.91. The van der Waals surface area contributed by atoms with E-state index in [1.807, 2.05) is 0 Å². The van der Waals surface area contributed by atoms with Gasteiger partial charge >= 0.3 is 17.9 Å². The standard InChI is InChI=1S/C7H10O9S/c8-5(9)1-2-16-7(12)4(3-6(10)11)17(13,14)15/h4H,1-3H2,(H,8,9)(H,10,11)(H,13,14,15).